The lowest BCUT2D eigenvalue weighted by Gasteiger charge is -2.37. The molecule has 0 spiro atoms. The molecule has 5 atom stereocenters. The molecular weight excluding hydrogens is 725 g/mol. The Kier molecular flexibility index (Phi) is 11.9. The smallest absolute Gasteiger partial charge is 0.408 e. The van der Waals surface area contributed by atoms with Crippen LogP contribution >= 0.6 is 11.8 Å². The Hall–Kier alpha value is -3.58. The van der Waals surface area contributed by atoms with E-state index >= 15 is 0 Å². The lowest BCUT2D eigenvalue weighted by Crippen LogP contribution is -2.60. The van der Waals surface area contributed by atoms with Crippen molar-refractivity contribution in [2.75, 3.05) is 6.54 Å². The summed E-state index contributed by atoms with van der Waals surface area (Å²) in [5.74, 6) is -2.33. The molecule has 1 heterocycles. The fourth-order valence-electron chi connectivity index (χ4n) is 7.87. The molecule has 54 heavy (non-hydrogen) atoms. The summed E-state index contributed by atoms with van der Waals surface area (Å²) in [5.41, 5.74) is -0.219. The van der Waals surface area contributed by atoms with E-state index in [0.717, 1.165) is 42.4 Å². The van der Waals surface area contributed by atoms with Crippen LogP contribution in [0.3, 0.4) is 0 Å². The third kappa shape index (κ3) is 8.93. The molecule has 0 bridgehead atoms. The summed E-state index contributed by atoms with van der Waals surface area (Å²) in [5, 5.41) is 5.25. The van der Waals surface area contributed by atoms with Gasteiger partial charge < -0.3 is 20.3 Å². The number of alkyl carbamates (subject to hydrolysis) is 1. The van der Waals surface area contributed by atoms with Gasteiger partial charge in [0.2, 0.25) is 21.8 Å². The number of sulfonamides is 1. The van der Waals surface area contributed by atoms with Gasteiger partial charge in [-0.15, -0.1) is 18.3 Å². The number of ether oxygens (including phenoxy) is 1. The van der Waals surface area contributed by atoms with Crippen LogP contribution in [0.4, 0.5) is 4.79 Å². The Labute approximate surface area is 325 Å². The van der Waals surface area contributed by atoms with E-state index in [1.807, 2.05) is 71.0 Å². The van der Waals surface area contributed by atoms with Crippen molar-refractivity contribution in [3.63, 3.8) is 0 Å². The van der Waals surface area contributed by atoms with Crippen LogP contribution in [0.15, 0.2) is 55.7 Å². The Balaban J connectivity index is 1.52. The first-order valence-corrected chi connectivity index (χ1v) is 21.5. The van der Waals surface area contributed by atoms with Gasteiger partial charge in [-0.25, -0.2) is 13.2 Å². The van der Waals surface area contributed by atoms with Gasteiger partial charge in [0.1, 0.15) is 23.2 Å². The number of likely N-dealkylation sites (tertiary alicyclic amines) is 1. The molecule has 4 amide bonds. The second kappa shape index (κ2) is 15.5. The number of benzene rings is 1. The first kappa shape index (κ1) is 41.6. The van der Waals surface area contributed by atoms with Gasteiger partial charge in [-0.05, 0) is 92.6 Å². The third-order valence-electron chi connectivity index (χ3n) is 11.1. The van der Waals surface area contributed by atoms with Crippen LogP contribution in [0.25, 0.3) is 5.57 Å². The molecule has 3 saturated carbocycles. The zero-order valence-electron chi connectivity index (χ0n) is 32.8. The zero-order chi connectivity index (χ0) is 39.9. The van der Waals surface area contributed by atoms with Gasteiger partial charge in [0, 0.05) is 12.5 Å². The van der Waals surface area contributed by atoms with Crippen molar-refractivity contribution >= 4 is 51.2 Å². The first-order valence-electron chi connectivity index (χ1n) is 19.1. The molecule has 4 aliphatic rings. The molecule has 1 aromatic carbocycles. The average Bonchev–Trinajstić information content (AvgIpc) is 3.99. The number of carbonyl (C=O) groups excluding carboxylic acids is 4. The molecule has 11 nitrogen and oxygen atoms in total. The molecule has 0 unspecified atom stereocenters. The molecule has 5 rings (SSSR count). The fraction of sp³-hybridized carbons (Fsp3) is 0.610. The molecule has 1 saturated heterocycles. The molecular formula is C41H58N4O7S2. The number of amides is 4. The lowest BCUT2D eigenvalue weighted by molar-refractivity contribution is -0.143. The van der Waals surface area contributed by atoms with Crippen LogP contribution in [0.2, 0.25) is 0 Å². The van der Waals surface area contributed by atoms with Crippen LogP contribution in [0.1, 0.15) is 111 Å². The Morgan fingerprint density at radius 2 is 1.69 bits per heavy atom. The Bertz CT molecular complexity index is 1790. The van der Waals surface area contributed by atoms with Gasteiger partial charge in [-0.2, -0.15) is 0 Å². The molecule has 296 valence electrons. The Morgan fingerprint density at radius 3 is 2.20 bits per heavy atom. The highest BCUT2D eigenvalue weighted by Crippen LogP contribution is 2.51. The van der Waals surface area contributed by atoms with Gasteiger partial charge >= 0.3 is 6.09 Å². The predicted molar refractivity (Wildman–Crippen MR) is 214 cm³/mol. The van der Waals surface area contributed by atoms with Crippen LogP contribution in [-0.2, 0) is 33.9 Å². The molecule has 0 radical (unpaired) electrons. The highest BCUT2D eigenvalue weighted by atomic mass is 32.2. The van der Waals surface area contributed by atoms with Crippen molar-refractivity contribution in [2.45, 2.75) is 138 Å². The number of rotatable bonds is 14. The summed E-state index contributed by atoms with van der Waals surface area (Å²) in [4.78, 5) is 58.2. The summed E-state index contributed by atoms with van der Waals surface area (Å²) in [6, 6.07) is 5.86. The quantitative estimate of drug-likeness (QED) is 0.146. The van der Waals surface area contributed by atoms with E-state index in [1.54, 1.807) is 17.8 Å². The summed E-state index contributed by atoms with van der Waals surface area (Å²) in [7, 11) is -3.89. The minimum absolute atomic E-state index is 0.0958. The highest BCUT2D eigenvalue weighted by Gasteiger charge is 2.63. The van der Waals surface area contributed by atoms with Crippen LogP contribution < -0.4 is 15.4 Å². The van der Waals surface area contributed by atoms with Crippen molar-refractivity contribution < 1.29 is 32.3 Å². The van der Waals surface area contributed by atoms with Crippen molar-refractivity contribution in [3.05, 3.63) is 66.8 Å². The summed E-state index contributed by atoms with van der Waals surface area (Å²) in [6.07, 6.45) is 9.42. The standard InChI is InChI=1S/C41H58N4O7S2/c1-10-14-27(5)28-15-17-30(18-16-28)40(53-26(3)4)24-32(34(46)43-41(23-29(41)11-2)36(48)44-54(50,51)31-19-20-31)45(25-40)35(47)33(38(6,7)8)42-37(49)52-39(9)21-12-13-22-39/h10-11,14-18,26,29,31-33H,2,5,12-13,19-25H2,1,3-4,6-9H3,(H,42,49)(H,43,46)(H,44,48)/b14-10-/t29-,32+,33-,40+,41-/m1/s1. The van der Waals surface area contributed by atoms with Gasteiger partial charge in [0.15, 0.2) is 0 Å². The summed E-state index contributed by atoms with van der Waals surface area (Å²) >= 11 is 1.65. The lowest BCUT2D eigenvalue weighted by atomic mass is 9.85. The van der Waals surface area contributed by atoms with Gasteiger partial charge in [0.05, 0.1) is 10.00 Å². The topological polar surface area (TPSA) is 151 Å². The predicted octanol–water partition coefficient (Wildman–Crippen LogP) is 6.36. The highest BCUT2D eigenvalue weighted by molar-refractivity contribution is 8.00. The van der Waals surface area contributed by atoms with Crippen LogP contribution in [0.5, 0.6) is 0 Å². The molecule has 1 aromatic rings. The average molecular weight is 783 g/mol. The van der Waals surface area contributed by atoms with Gasteiger partial charge in [-0.3, -0.25) is 19.1 Å². The van der Waals surface area contributed by atoms with E-state index in [4.69, 9.17) is 4.74 Å². The fourth-order valence-corrected chi connectivity index (χ4v) is 10.9. The molecule has 13 heteroatoms. The van der Waals surface area contributed by atoms with Crippen molar-refractivity contribution in [3.8, 4) is 0 Å². The van der Waals surface area contributed by atoms with Crippen LogP contribution in [0, 0.1) is 11.3 Å². The van der Waals surface area contributed by atoms with E-state index in [-0.39, 0.29) is 24.6 Å². The van der Waals surface area contributed by atoms with E-state index in [1.165, 1.54) is 4.90 Å². The Morgan fingerprint density at radius 1 is 1.06 bits per heavy atom. The van der Waals surface area contributed by atoms with Crippen LogP contribution in [-0.4, -0.2) is 77.4 Å². The molecule has 1 aliphatic heterocycles. The van der Waals surface area contributed by atoms with Crippen molar-refractivity contribution in [1.29, 1.82) is 0 Å². The maximum Gasteiger partial charge on any atom is 0.408 e. The first-order chi connectivity index (χ1) is 25.2. The van der Waals surface area contributed by atoms with Crippen molar-refractivity contribution in [2.24, 2.45) is 11.3 Å². The van der Waals surface area contributed by atoms with E-state index in [9.17, 15) is 27.6 Å². The van der Waals surface area contributed by atoms with E-state index in [0.29, 0.717) is 12.8 Å². The van der Waals surface area contributed by atoms with Gasteiger partial charge in [-0.1, -0.05) is 83.7 Å². The number of hydrogen-bond acceptors (Lipinski definition) is 8. The minimum atomic E-state index is -3.89. The molecule has 4 fully saturated rings. The number of thioether (sulfide) groups is 1. The summed E-state index contributed by atoms with van der Waals surface area (Å²) in [6.45, 7) is 21.6. The zero-order valence-corrected chi connectivity index (χ0v) is 34.5. The largest absolute Gasteiger partial charge is 0.443 e. The maximum absolute atomic E-state index is 15.0. The number of carbonyl (C=O) groups is 4. The number of nitrogens with one attached hydrogen (secondary N) is 3. The second-order valence-electron chi connectivity index (χ2n) is 17.1. The molecule has 0 aromatic heterocycles. The monoisotopic (exact) mass is 782 g/mol. The van der Waals surface area contributed by atoms with E-state index in [2.05, 4.69) is 42.4 Å². The van der Waals surface area contributed by atoms with E-state index < -0.39 is 78.4 Å². The summed E-state index contributed by atoms with van der Waals surface area (Å²) < 4.78 is 33.0. The number of hydrogen-bond donors (Lipinski definition) is 3. The maximum atomic E-state index is 15.0. The SMILES string of the molecule is C=C[C@@H]1C[C@]1(NC(=O)[C@@H]1C[C@@](SC(C)C)(c2ccc(C(=C)/C=C\C)cc2)CN1C(=O)[C@@H](NC(=O)OC1(C)CCCC1)C(C)(C)C)C(=O)NS(=O)(=O)C1CC1. The number of nitrogens with zero attached hydrogens (tertiary/aromatic N) is 1. The minimum Gasteiger partial charge on any atom is -0.443 e. The molecule has 3 N–H and O–H groups in total. The van der Waals surface area contributed by atoms with Gasteiger partial charge in [0.25, 0.3) is 5.91 Å². The van der Waals surface area contributed by atoms with Crippen molar-refractivity contribution in [1.82, 2.24) is 20.3 Å². The second-order valence-corrected chi connectivity index (χ2v) is 21.0. The molecule has 3 aliphatic carbocycles. The number of allylic oxidation sites excluding steroid dienone is 3. The third-order valence-corrected chi connectivity index (χ3v) is 14.4. The normalized spacial score (nSPS) is 27.0.